The van der Waals surface area contributed by atoms with Crippen LogP contribution in [0.1, 0.15) is 18.6 Å². The summed E-state index contributed by atoms with van der Waals surface area (Å²) < 4.78 is 5.15. The number of carbonyl (C=O) groups is 1. The van der Waals surface area contributed by atoms with Crippen LogP contribution in [0.3, 0.4) is 0 Å². The molecule has 0 aromatic carbocycles. The third kappa shape index (κ3) is 4.54. The normalized spacial score (nSPS) is 15.4. The molecule has 1 aliphatic heterocycles. The molecule has 3 rings (SSSR count). The number of carbonyl (C=O) groups excluding carboxylic acids is 1. The van der Waals surface area contributed by atoms with Gasteiger partial charge >= 0.3 is 0 Å². The van der Waals surface area contributed by atoms with Crippen molar-refractivity contribution < 1.29 is 9.32 Å². The molecule has 3 heterocycles. The molecule has 0 spiro atoms. The third-order valence-electron chi connectivity index (χ3n) is 4.33. The molecule has 2 aromatic rings. The Bertz CT molecular complexity index is 681. The molecule has 0 bridgehead atoms. The number of amides is 1. The minimum Gasteiger partial charge on any atom is -0.354 e. The molecule has 8 nitrogen and oxygen atoms in total. The van der Waals surface area contributed by atoms with E-state index in [1.54, 1.807) is 11.9 Å². The minimum atomic E-state index is 0.0579. The van der Waals surface area contributed by atoms with Crippen molar-refractivity contribution >= 4 is 11.7 Å². The second-order valence-corrected chi connectivity index (χ2v) is 6.16. The second kappa shape index (κ2) is 8.06. The molecule has 0 aliphatic carbocycles. The van der Waals surface area contributed by atoms with E-state index in [-0.39, 0.29) is 5.91 Å². The summed E-state index contributed by atoms with van der Waals surface area (Å²) in [7, 11) is 1.77. The lowest BCUT2D eigenvalue weighted by Crippen LogP contribution is -2.49. The quantitative estimate of drug-likeness (QED) is 0.767. The van der Waals surface area contributed by atoms with Crippen LogP contribution in [0.15, 0.2) is 28.9 Å². The van der Waals surface area contributed by atoms with Crippen molar-refractivity contribution in [2.75, 3.05) is 44.7 Å². The summed E-state index contributed by atoms with van der Waals surface area (Å²) >= 11 is 0. The van der Waals surface area contributed by atoms with Gasteiger partial charge in [0.05, 0.1) is 13.1 Å². The van der Waals surface area contributed by atoms with E-state index < -0.39 is 0 Å². The molecule has 8 heteroatoms. The fourth-order valence-electron chi connectivity index (χ4n) is 2.78. The molecular formula is C17H24N6O2. The SMILES string of the molecule is CCc1noc(CN(C)C(=O)CN2CCN(c3ccccn3)CC2)n1. The Hall–Kier alpha value is -2.48. The average molecular weight is 344 g/mol. The minimum absolute atomic E-state index is 0.0579. The predicted octanol–water partition coefficient (Wildman–Crippen LogP) is 0.808. The van der Waals surface area contributed by atoms with Gasteiger partial charge in [0.15, 0.2) is 5.82 Å². The smallest absolute Gasteiger partial charge is 0.246 e. The lowest BCUT2D eigenvalue weighted by molar-refractivity contribution is -0.132. The van der Waals surface area contributed by atoms with Crippen LogP contribution >= 0.6 is 0 Å². The number of anilines is 1. The molecule has 0 saturated carbocycles. The summed E-state index contributed by atoms with van der Waals surface area (Å²) in [6, 6.07) is 5.93. The van der Waals surface area contributed by atoms with Crippen LogP contribution in [0, 0.1) is 0 Å². The zero-order chi connectivity index (χ0) is 17.6. The molecular weight excluding hydrogens is 320 g/mol. The van der Waals surface area contributed by atoms with Crippen molar-refractivity contribution in [1.82, 2.24) is 24.9 Å². The molecule has 0 radical (unpaired) electrons. The first-order chi connectivity index (χ1) is 12.2. The number of rotatable bonds is 6. The number of pyridine rings is 1. The molecule has 2 aromatic heterocycles. The number of piperazine rings is 1. The Kier molecular flexibility index (Phi) is 5.60. The molecule has 0 atom stereocenters. The van der Waals surface area contributed by atoms with Gasteiger partial charge in [0.2, 0.25) is 11.8 Å². The van der Waals surface area contributed by atoms with Crippen LogP contribution in [0.4, 0.5) is 5.82 Å². The van der Waals surface area contributed by atoms with Crippen LogP contribution in [0.2, 0.25) is 0 Å². The standard InChI is InChI=1S/C17H24N6O2/c1-3-14-19-16(25-20-14)12-21(2)17(24)13-22-8-10-23(11-9-22)15-6-4-5-7-18-15/h4-7H,3,8-13H2,1-2H3. The van der Waals surface area contributed by atoms with Crippen LogP contribution < -0.4 is 4.90 Å². The molecule has 134 valence electrons. The van der Waals surface area contributed by atoms with Crippen LogP contribution in [-0.2, 0) is 17.8 Å². The fourth-order valence-corrected chi connectivity index (χ4v) is 2.78. The second-order valence-electron chi connectivity index (χ2n) is 6.16. The monoisotopic (exact) mass is 344 g/mol. The summed E-state index contributed by atoms with van der Waals surface area (Å²) in [5.41, 5.74) is 0. The van der Waals surface area contributed by atoms with Crippen LogP contribution in [-0.4, -0.2) is 70.6 Å². The van der Waals surface area contributed by atoms with E-state index >= 15 is 0 Å². The highest BCUT2D eigenvalue weighted by Gasteiger charge is 2.22. The lowest BCUT2D eigenvalue weighted by Gasteiger charge is -2.35. The van der Waals surface area contributed by atoms with Crippen molar-refractivity contribution in [2.45, 2.75) is 19.9 Å². The van der Waals surface area contributed by atoms with Gasteiger partial charge in [-0.05, 0) is 12.1 Å². The predicted molar refractivity (Wildman–Crippen MR) is 93.0 cm³/mol. The number of aryl methyl sites for hydroxylation is 1. The third-order valence-corrected chi connectivity index (χ3v) is 4.33. The Morgan fingerprint density at radius 3 is 2.72 bits per heavy atom. The first-order valence-corrected chi connectivity index (χ1v) is 8.59. The zero-order valence-corrected chi connectivity index (χ0v) is 14.8. The highest BCUT2D eigenvalue weighted by atomic mass is 16.5. The average Bonchev–Trinajstić information content (AvgIpc) is 3.10. The fraction of sp³-hybridized carbons (Fsp3) is 0.529. The van der Waals surface area contributed by atoms with Crippen LogP contribution in [0.25, 0.3) is 0 Å². The van der Waals surface area contributed by atoms with Crippen molar-refractivity contribution in [1.29, 1.82) is 0 Å². The largest absolute Gasteiger partial charge is 0.354 e. The summed E-state index contributed by atoms with van der Waals surface area (Å²) in [5.74, 6) is 2.20. The van der Waals surface area contributed by atoms with E-state index in [4.69, 9.17) is 4.52 Å². The van der Waals surface area contributed by atoms with Crippen molar-refractivity contribution in [3.8, 4) is 0 Å². The Labute approximate surface area is 147 Å². The summed E-state index contributed by atoms with van der Waals surface area (Å²) in [6.07, 6.45) is 2.53. The van der Waals surface area contributed by atoms with Crippen molar-refractivity contribution in [3.05, 3.63) is 36.1 Å². The van der Waals surface area contributed by atoms with Crippen LogP contribution in [0.5, 0.6) is 0 Å². The number of hydrogen-bond donors (Lipinski definition) is 0. The highest BCUT2D eigenvalue weighted by molar-refractivity contribution is 5.77. The van der Waals surface area contributed by atoms with E-state index in [1.165, 1.54) is 0 Å². The number of aromatic nitrogens is 3. The molecule has 1 saturated heterocycles. The van der Waals surface area contributed by atoms with Gasteiger partial charge in [-0.3, -0.25) is 9.69 Å². The zero-order valence-electron chi connectivity index (χ0n) is 14.8. The highest BCUT2D eigenvalue weighted by Crippen LogP contribution is 2.12. The summed E-state index contributed by atoms with van der Waals surface area (Å²) in [5, 5.41) is 3.85. The topological polar surface area (TPSA) is 78.6 Å². The van der Waals surface area contributed by atoms with E-state index in [1.807, 2.05) is 31.3 Å². The van der Waals surface area contributed by atoms with Gasteiger partial charge < -0.3 is 14.3 Å². The van der Waals surface area contributed by atoms with E-state index in [0.29, 0.717) is 24.8 Å². The van der Waals surface area contributed by atoms with Gasteiger partial charge in [-0.15, -0.1) is 0 Å². The molecule has 0 unspecified atom stereocenters. The molecule has 0 N–H and O–H groups in total. The Morgan fingerprint density at radius 2 is 2.08 bits per heavy atom. The Balaban J connectivity index is 1.45. The number of nitrogens with zero attached hydrogens (tertiary/aromatic N) is 6. The maximum atomic E-state index is 12.4. The maximum Gasteiger partial charge on any atom is 0.246 e. The summed E-state index contributed by atoms with van der Waals surface area (Å²) in [6.45, 7) is 6.15. The Morgan fingerprint density at radius 1 is 1.28 bits per heavy atom. The lowest BCUT2D eigenvalue weighted by atomic mass is 10.3. The molecule has 25 heavy (non-hydrogen) atoms. The van der Waals surface area contributed by atoms with Crippen molar-refractivity contribution in [3.63, 3.8) is 0 Å². The molecule has 1 aliphatic rings. The first-order valence-electron chi connectivity index (χ1n) is 8.59. The number of hydrogen-bond acceptors (Lipinski definition) is 7. The maximum absolute atomic E-state index is 12.4. The van der Waals surface area contributed by atoms with Gasteiger partial charge in [-0.1, -0.05) is 18.1 Å². The van der Waals surface area contributed by atoms with E-state index in [2.05, 4.69) is 24.9 Å². The number of likely N-dealkylation sites (N-methyl/N-ethyl adjacent to an activating group) is 1. The van der Waals surface area contributed by atoms with Crippen molar-refractivity contribution in [2.24, 2.45) is 0 Å². The van der Waals surface area contributed by atoms with Gasteiger partial charge in [-0.25, -0.2) is 4.98 Å². The first kappa shape index (κ1) is 17.3. The van der Waals surface area contributed by atoms with E-state index in [9.17, 15) is 4.79 Å². The van der Waals surface area contributed by atoms with E-state index in [0.717, 1.165) is 38.4 Å². The van der Waals surface area contributed by atoms with Gasteiger partial charge in [0.1, 0.15) is 5.82 Å². The van der Waals surface area contributed by atoms with Gasteiger partial charge in [0, 0.05) is 45.8 Å². The molecule has 1 amide bonds. The van der Waals surface area contributed by atoms with Gasteiger partial charge in [0.25, 0.3) is 0 Å². The summed E-state index contributed by atoms with van der Waals surface area (Å²) in [4.78, 5) is 27.1. The van der Waals surface area contributed by atoms with Gasteiger partial charge in [-0.2, -0.15) is 4.98 Å². The molecule has 1 fully saturated rings.